The summed E-state index contributed by atoms with van der Waals surface area (Å²) in [4.78, 5) is 23.7. The second-order valence-corrected chi connectivity index (χ2v) is 7.03. The number of carbonyl (C=O) groups is 2. The fourth-order valence-corrected chi connectivity index (χ4v) is 3.38. The van der Waals surface area contributed by atoms with Gasteiger partial charge in [0.1, 0.15) is 13.2 Å². The third kappa shape index (κ3) is 3.48. The standard InChI is InChI=1S/C17H15NO6S/c1-11(19)12-4-2-5-13(10-12)25(21,22)18-17(20)14-6-3-7-15-16(14)24-9-8-23-15/h2-7,10H,8-9H2,1H3,(H,18,20). The number of Topliss-reactive ketones (excluding diaryl/α,β-unsaturated/α-hetero) is 1. The lowest BCUT2D eigenvalue weighted by molar-refractivity contribution is 0.0969. The van der Waals surface area contributed by atoms with Gasteiger partial charge >= 0.3 is 0 Å². The van der Waals surface area contributed by atoms with Gasteiger partial charge in [-0.05, 0) is 31.2 Å². The smallest absolute Gasteiger partial charge is 0.268 e. The van der Waals surface area contributed by atoms with Gasteiger partial charge in [0.2, 0.25) is 0 Å². The number of amides is 1. The van der Waals surface area contributed by atoms with E-state index in [9.17, 15) is 18.0 Å². The fourth-order valence-electron chi connectivity index (χ4n) is 2.37. The van der Waals surface area contributed by atoms with Gasteiger partial charge in [-0.3, -0.25) is 9.59 Å². The average molecular weight is 361 g/mol. The first-order valence-corrected chi connectivity index (χ1v) is 8.93. The Labute approximate surface area is 144 Å². The van der Waals surface area contributed by atoms with E-state index >= 15 is 0 Å². The topological polar surface area (TPSA) is 98.8 Å². The zero-order chi connectivity index (χ0) is 18.0. The van der Waals surface area contributed by atoms with Crippen LogP contribution in [-0.2, 0) is 10.0 Å². The van der Waals surface area contributed by atoms with E-state index in [2.05, 4.69) is 0 Å². The minimum atomic E-state index is -4.14. The number of ketones is 1. The molecule has 0 saturated heterocycles. The maximum Gasteiger partial charge on any atom is 0.268 e. The van der Waals surface area contributed by atoms with E-state index in [4.69, 9.17) is 9.47 Å². The molecule has 0 radical (unpaired) electrons. The van der Waals surface area contributed by atoms with Gasteiger partial charge in [0.15, 0.2) is 17.3 Å². The zero-order valence-electron chi connectivity index (χ0n) is 13.3. The molecule has 0 saturated carbocycles. The number of hydrogen-bond acceptors (Lipinski definition) is 6. The maximum absolute atomic E-state index is 12.4. The molecule has 0 spiro atoms. The van der Waals surface area contributed by atoms with Crippen LogP contribution in [0.4, 0.5) is 0 Å². The molecule has 2 aromatic rings. The highest BCUT2D eigenvalue weighted by Crippen LogP contribution is 2.33. The quantitative estimate of drug-likeness (QED) is 0.834. The number of fused-ring (bicyclic) bond motifs is 1. The SMILES string of the molecule is CC(=O)c1cccc(S(=O)(=O)NC(=O)c2cccc3c2OCCO3)c1. The Kier molecular flexibility index (Phi) is 4.45. The third-order valence-electron chi connectivity index (χ3n) is 3.59. The second kappa shape index (κ2) is 6.56. The molecular formula is C17H15NO6S. The predicted octanol–water partition coefficient (Wildman–Crippen LogP) is 1.78. The number of benzene rings is 2. The van der Waals surface area contributed by atoms with Gasteiger partial charge in [0.25, 0.3) is 15.9 Å². The van der Waals surface area contributed by atoms with Crippen LogP contribution in [0.2, 0.25) is 0 Å². The number of hydrogen-bond donors (Lipinski definition) is 1. The minimum Gasteiger partial charge on any atom is -0.486 e. The monoisotopic (exact) mass is 361 g/mol. The molecule has 1 amide bonds. The van der Waals surface area contributed by atoms with Gasteiger partial charge in [-0.15, -0.1) is 0 Å². The van der Waals surface area contributed by atoms with Crippen molar-refractivity contribution in [1.29, 1.82) is 0 Å². The average Bonchev–Trinajstić information content (AvgIpc) is 2.61. The van der Waals surface area contributed by atoms with Crippen molar-refractivity contribution in [3.05, 3.63) is 53.6 Å². The Hall–Kier alpha value is -2.87. The van der Waals surface area contributed by atoms with E-state index in [0.717, 1.165) is 0 Å². The maximum atomic E-state index is 12.4. The lowest BCUT2D eigenvalue weighted by Gasteiger charge is -2.20. The fraction of sp³-hybridized carbons (Fsp3) is 0.176. The molecule has 2 aromatic carbocycles. The number of carbonyl (C=O) groups excluding carboxylic acids is 2. The summed E-state index contributed by atoms with van der Waals surface area (Å²) in [5.41, 5.74) is 0.299. The molecule has 7 nitrogen and oxygen atoms in total. The first-order chi connectivity index (χ1) is 11.9. The molecule has 1 heterocycles. The van der Waals surface area contributed by atoms with Crippen LogP contribution >= 0.6 is 0 Å². The van der Waals surface area contributed by atoms with E-state index < -0.39 is 15.9 Å². The van der Waals surface area contributed by atoms with E-state index in [-0.39, 0.29) is 34.2 Å². The molecule has 1 aliphatic rings. The highest BCUT2D eigenvalue weighted by molar-refractivity contribution is 7.90. The van der Waals surface area contributed by atoms with Crippen LogP contribution in [0.3, 0.4) is 0 Å². The molecule has 0 aliphatic carbocycles. The van der Waals surface area contributed by atoms with Gasteiger partial charge in [-0.2, -0.15) is 0 Å². The van der Waals surface area contributed by atoms with Crippen molar-refractivity contribution in [1.82, 2.24) is 4.72 Å². The first-order valence-electron chi connectivity index (χ1n) is 7.45. The highest BCUT2D eigenvalue weighted by atomic mass is 32.2. The molecule has 8 heteroatoms. The summed E-state index contributed by atoms with van der Waals surface area (Å²) in [7, 11) is -4.14. The van der Waals surface area contributed by atoms with Gasteiger partial charge in [-0.1, -0.05) is 18.2 Å². The van der Waals surface area contributed by atoms with Crippen molar-refractivity contribution in [3.8, 4) is 11.5 Å². The molecule has 0 bridgehead atoms. The van der Waals surface area contributed by atoms with Crippen LogP contribution in [0.1, 0.15) is 27.6 Å². The van der Waals surface area contributed by atoms with Gasteiger partial charge in [0, 0.05) is 5.56 Å². The summed E-state index contributed by atoms with van der Waals surface area (Å²) in [6.07, 6.45) is 0. The molecule has 0 unspecified atom stereocenters. The zero-order valence-corrected chi connectivity index (χ0v) is 14.1. The number of ether oxygens (including phenoxy) is 2. The minimum absolute atomic E-state index is 0.0588. The summed E-state index contributed by atoms with van der Waals surface area (Å²) in [5, 5.41) is 0. The lowest BCUT2D eigenvalue weighted by Crippen LogP contribution is -2.31. The Morgan fingerprint density at radius 1 is 1.04 bits per heavy atom. The Bertz CT molecular complexity index is 951. The number of para-hydroxylation sites is 1. The summed E-state index contributed by atoms with van der Waals surface area (Å²) in [6, 6.07) is 10.1. The molecule has 130 valence electrons. The van der Waals surface area contributed by atoms with Crippen molar-refractivity contribution < 1.29 is 27.5 Å². The third-order valence-corrected chi connectivity index (χ3v) is 4.92. The van der Waals surface area contributed by atoms with Crippen molar-refractivity contribution in [2.24, 2.45) is 0 Å². The summed E-state index contributed by atoms with van der Waals surface area (Å²) in [5.74, 6) is -0.518. The Morgan fingerprint density at radius 3 is 2.52 bits per heavy atom. The molecule has 0 fully saturated rings. The number of sulfonamides is 1. The second-order valence-electron chi connectivity index (χ2n) is 5.35. The van der Waals surface area contributed by atoms with Crippen LogP contribution in [0, 0.1) is 0 Å². The van der Waals surface area contributed by atoms with Crippen LogP contribution in [0.5, 0.6) is 11.5 Å². The predicted molar refractivity (Wildman–Crippen MR) is 88.5 cm³/mol. The number of nitrogens with one attached hydrogen (secondary N) is 1. The Morgan fingerprint density at radius 2 is 1.76 bits per heavy atom. The Balaban J connectivity index is 1.90. The molecule has 0 aromatic heterocycles. The normalized spacial score (nSPS) is 13.2. The summed E-state index contributed by atoms with van der Waals surface area (Å²) >= 11 is 0. The van der Waals surface area contributed by atoms with E-state index in [1.807, 2.05) is 4.72 Å². The number of rotatable bonds is 4. The molecule has 1 N–H and O–H groups in total. The van der Waals surface area contributed by atoms with E-state index in [0.29, 0.717) is 12.4 Å². The van der Waals surface area contributed by atoms with Gasteiger partial charge in [0.05, 0.1) is 10.5 Å². The largest absolute Gasteiger partial charge is 0.486 e. The lowest BCUT2D eigenvalue weighted by atomic mass is 10.1. The van der Waals surface area contributed by atoms with Crippen LogP contribution < -0.4 is 14.2 Å². The van der Waals surface area contributed by atoms with Crippen molar-refractivity contribution in [2.75, 3.05) is 13.2 Å². The summed E-state index contributed by atoms with van der Waals surface area (Å²) < 4.78 is 37.7. The molecule has 0 atom stereocenters. The van der Waals surface area contributed by atoms with Crippen LogP contribution in [0.25, 0.3) is 0 Å². The highest BCUT2D eigenvalue weighted by Gasteiger charge is 2.25. The van der Waals surface area contributed by atoms with E-state index in [1.165, 1.54) is 37.3 Å². The molecule has 1 aliphatic heterocycles. The molecule has 3 rings (SSSR count). The summed E-state index contributed by atoms with van der Waals surface area (Å²) in [6.45, 7) is 1.96. The van der Waals surface area contributed by atoms with Crippen molar-refractivity contribution in [3.63, 3.8) is 0 Å². The van der Waals surface area contributed by atoms with Crippen LogP contribution in [-0.4, -0.2) is 33.3 Å². The van der Waals surface area contributed by atoms with Crippen LogP contribution in [0.15, 0.2) is 47.4 Å². The molecule has 25 heavy (non-hydrogen) atoms. The molecular weight excluding hydrogens is 346 g/mol. The van der Waals surface area contributed by atoms with E-state index in [1.54, 1.807) is 12.1 Å². The van der Waals surface area contributed by atoms with Gasteiger partial charge in [-0.25, -0.2) is 13.1 Å². The van der Waals surface area contributed by atoms with Gasteiger partial charge < -0.3 is 9.47 Å². The van der Waals surface area contributed by atoms with Crippen molar-refractivity contribution >= 4 is 21.7 Å². The van der Waals surface area contributed by atoms with Crippen molar-refractivity contribution in [2.45, 2.75) is 11.8 Å². The first kappa shape index (κ1) is 17.0.